The molecule has 13 nitrogen and oxygen atoms in total. The van der Waals surface area contributed by atoms with E-state index >= 15 is 0 Å². The van der Waals surface area contributed by atoms with Gasteiger partial charge in [0.2, 0.25) is 19.3 Å². The highest BCUT2D eigenvalue weighted by atomic mass is 31.2. The topological polar surface area (TPSA) is 173 Å². The number of nitrogens with two attached hydrogens (primary N) is 1. The fraction of sp³-hybridized carbons (Fsp3) is 0.800. The van der Waals surface area contributed by atoms with Gasteiger partial charge in [0.15, 0.2) is 11.5 Å². The maximum absolute atomic E-state index is 14.8. The number of nitrogens with zero attached hydrogens (tertiary/aromatic N) is 4. The highest BCUT2D eigenvalue weighted by Crippen LogP contribution is 2.43. The number of hydrogen-bond acceptors (Lipinski definition) is 10. The van der Waals surface area contributed by atoms with Gasteiger partial charge in [0.05, 0.1) is 32.2 Å². The number of alkyl halides is 4. The van der Waals surface area contributed by atoms with Gasteiger partial charge in [-0.3, -0.25) is 14.2 Å². The molecule has 2 aromatic rings. The van der Waals surface area contributed by atoms with Crippen molar-refractivity contribution in [3.8, 4) is 0 Å². The van der Waals surface area contributed by atoms with Crippen molar-refractivity contribution in [1.82, 2.24) is 29.7 Å². The number of carbonyl (C=O) groups excluding carboxylic acids is 2. The zero-order chi connectivity index (χ0) is 39.1. The summed E-state index contributed by atoms with van der Waals surface area (Å²) in [5.41, 5.74) is 3.73. The van der Waals surface area contributed by atoms with Crippen molar-refractivity contribution in [2.24, 2.45) is 11.8 Å². The number of esters is 2. The third-order valence-electron chi connectivity index (χ3n) is 9.88. The first-order valence-corrected chi connectivity index (χ1v) is 20.4. The number of ether oxygens (including phenoxy) is 3. The Morgan fingerprint density at radius 2 is 1.32 bits per heavy atom. The van der Waals surface area contributed by atoms with Gasteiger partial charge in [-0.15, -0.1) is 0 Å². The minimum absolute atomic E-state index is 0.0321. The number of fused-ring (bicyclic) bond motifs is 1. The lowest BCUT2D eigenvalue weighted by molar-refractivity contribution is -0.151. The molecule has 0 unspecified atom stereocenters. The summed E-state index contributed by atoms with van der Waals surface area (Å²) in [4.78, 5) is 39.3. The SMILES string of the molecule is C[C@H](Cn1cnc2c(N)ncnc21)OCP(=O)(NC(C)(C)C(=O)OCC1CCCC(F)(F)CCC1)NC(C)(C)C(=O)OCC1CCCC(F)(F)CCC1. The van der Waals surface area contributed by atoms with E-state index in [2.05, 4.69) is 25.1 Å². The molecule has 0 aliphatic heterocycles. The molecule has 4 rings (SSSR count). The molecule has 0 spiro atoms. The molecule has 2 saturated carbocycles. The van der Waals surface area contributed by atoms with Crippen LogP contribution in [0.5, 0.6) is 0 Å². The molecule has 1 atom stereocenters. The first-order valence-electron chi connectivity index (χ1n) is 18.5. The van der Waals surface area contributed by atoms with Crippen LogP contribution in [0.1, 0.15) is 112 Å². The molecule has 4 N–H and O–H groups in total. The molecule has 2 fully saturated rings. The first kappa shape index (κ1) is 42.9. The average Bonchev–Trinajstić information content (AvgIpc) is 3.45. The number of hydrogen-bond donors (Lipinski definition) is 3. The molecule has 0 radical (unpaired) electrons. The summed E-state index contributed by atoms with van der Waals surface area (Å²) >= 11 is 0. The standard InChI is InChI=1S/C35H56F4N7O6P/c1-24(18-46-22-43-27-28(40)41-21-42-29(27)46)52-23-53(49,44-32(2,3)30(47)50-19-25-10-6-14-34(36,37)15-7-11-25)45-33(4,5)31(48)51-20-26-12-8-16-35(38,39)17-9-13-26/h21-22,24-26H,6-20,23H2,1-5H3,(H2,40,41,42)(H2,44,45,49)/t24-/m1/s1. The lowest BCUT2D eigenvalue weighted by atomic mass is 9.90. The van der Waals surface area contributed by atoms with E-state index in [1.54, 1.807) is 11.5 Å². The molecule has 2 heterocycles. The van der Waals surface area contributed by atoms with Crippen molar-refractivity contribution >= 4 is 36.4 Å². The zero-order valence-corrected chi connectivity index (χ0v) is 32.4. The zero-order valence-electron chi connectivity index (χ0n) is 31.5. The van der Waals surface area contributed by atoms with Gasteiger partial charge in [0.25, 0.3) is 0 Å². The Bertz CT molecular complexity index is 1500. The van der Waals surface area contributed by atoms with Gasteiger partial charge in [-0.2, -0.15) is 0 Å². The molecule has 53 heavy (non-hydrogen) atoms. The van der Waals surface area contributed by atoms with Crippen LogP contribution in [0.15, 0.2) is 12.7 Å². The quantitative estimate of drug-likeness (QED) is 0.0962. The monoisotopic (exact) mass is 777 g/mol. The van der Waals surface area contributed by atoms with Gasteiger partial charge in [0, 0.05) is 25.7 Å². The lowest BCUT2D eigenvalue weighted by Gasteiger charge is -2.36. The number of rotatable bonds is 15. The van der Waals surface area contributed by atoms with E-state index in [0.717, 1.165) is 0 Å². The molecular formula is C35H56F4N7O6P. The summed E-state index contributed by atoms with van der Waals surface area (Å²) < 4.78 is 89.2. The molecule has 2 aliphatic rings. The lowest BCUT2D eigenvalue weighted by Crippen LogP contribution is -2.54. The summed E-state index contributed by atoms with van der Waals surface area (Å²) in [5, 5.41) is 5.78. The molecule has 300 valence electrons. The van der Waals surface area contributed by atoms with Gasteiger partial charge >= 0.3 is 11.9 Å². The maximum atomic E-state index is 14.8. The van der Waals surface area contributed by atoms with Crippen LogP contribution in [0.2, 0.25) is 0 Å². The molecule has 0 amide bonds. The number of carbonyl (C=O) groups is 2. The number of halogens is 4. The van der Waals surface area contributed by atoms with Crippen LogP contribution in [0.3, 0.4) is 0 Å². The number of nitrogen functional groups attached to an aromatic ring is 1. The third kappa shape index (κ3) is 12.9. The largest absolute Gasteiger partial charge is 0.464 e. The van der Waals surface area contributed by atoms with E-state index < -0.39 is 54.8 Å². The smallest absolute Gasteiger partial charge is 0.326 e. The second-order valence-electron chi connectivity index (χ2n) is 15.9. The van der Waals surface area contributed by atoms with Crippen molar-refractivity contribution in [3.63, 3.8) is 0 Å². The number of imidazole rings is 1. The summed E-state index contributed by atoms with van der Waals surface area (Å²) in [7, 11) is -4.00. The number of nitrogens with one attached hydrogen (secondary N) is 2. The normalized spacial score (nSPS) is 20.2. The van der Waals surface area contributed by atoms with Crippen LogP contribution in [0.25, 0.3) is 11.2 Å². The van der Waals surface area contributed by atoms with Gasteiger partial charge in [-0.1, -0.05) is 0 Å². The summed E-state index contributed by atoms with van der Waals surface area (Å²) in [6, 6.07) is 0. The van der Waals surface area contributed by atoms with Crippen molar-refractivity contribution in [1.29, 1.82) is 0 Å². The minimum Gasteiger partial charge on any atom is -0.464 e. The van der Waals surface area contributed by atoms with E-state index in [4.69, 9.17) is 19.9 Å². The molecule has 2 aromatic heterocycles. The summed E-state index contributed by atoms with van der Waals surface area (Å²) in [6.45, 7) is 8.04. The van der Waals surface area contributed by atoms with Gasteiger partial charge < -0.3 is 24.5 Å². The first-order chi connectivity index (χ1) is 24.7. The third-order valence-corrected chi connectivity index (χ3v) is 12.2. The van der Waals surface area contributed by atoms with Crippen LogP contribution in [0.4, 0.5) is 23.4 Å². The molecule has 0 aromatic carbocycles. The Morgan fingerprint density at radius 3 is 1.77 bits per heavy atom. The van der Waals surface area contributed by atoms with Crippen LogP contribution < -0.4 is 15.9 Å². The molecular weight excluding hydrogens is 721 g/mol. The fourth-order valence-corrected chi connectivity index (χ4v) is 9.54. The Labute approximate surface area is 308 Å². The Kier molecular flexibility index (Phi) is 14.3. The van der Waals surface area contributed by atoms with Gasteiger partial charge in [0.1, 0.15) is 29.3 Å². The van der Waals surface area contributed by atoms with Crippen molar-refractivity contribution in [2.75, 3.05) is 25.3 Å². The molecule has 0 saturated heterocycles. The minimum atomic E-state index is -4.00. The number of aromatic nitrogens is 4. The van der Waals surface area contributed by atoms with E-state index in [1.807, 2.05) is 0 Å². The second kappa shape index (κ2) is 17.7. The Morgan fingerprint density at radius 1 is 0.868 bits per heavy atom. The van der Waals surface area contributed by atoms with Crippen molar-refractivity contribution < 1.29 is 45.9 Å². The maximum Gasteiger partial charge on any atom is 0.326 e. The highest BCUT2D eigenvalue weighted by molar-refractivity contribution is 7.59. The summed E-state index contributed by atoms with van der Waals surface area (Å²) in [6.07, 6.45) is 4.30. The Balaban J connectivity index is 1.43. The second-order valence-corrected chi connectivity index (χ2v) is 18.0. The molecule has 18 heteroatoms. The van der Waals surface area contributed by atoms with Gasteiger partial charge in [-0.05, 0) is 97.8 Å². The average molecular weight is 778 g/mol. The van der Waals surface area contributed by atoms with Crippen LogP contribution in [0, 0.1) is 11.8 Å². The van der Waals surface area contributed by atoms with E-state index in [0.29, 0.717) is 62.5 Å². The summed E-state index contributed by atoms with van der Waals surface area (Å²) in [5.74, 6) is -6.71. The fourth-order valence-electron chi connectivity index (χ4n) is 6.90. The van der Waals surface area contributed by atoms with E-state index in [9.17, 15) is 31.7 Å². The number of anilines is 1. The highest BCUT2D eigenvalue weighted by Gasteiger charge is 2.44. The van der Waals surface area contributed by atoms with Crippen molar-refractivity contribution in [2.45, 2.75) is 147 Å². The van der Waals surface area contributed by atoms with E-state index in [1.165, 1.54) is 40.3 Å². The van der Waals surface area contributed by atoms with Crippen LogP contribution in [-0.2, 0) is 34.9 Å². The molecule has 0 bridgehead atoms. The van der Waals surface area contributed by atoms with E-state index in [-0.39, 0.29) is 63.1 Å². The Hall–Kier alpha value is -2.88. The van der Waals surface area contributed by atoms with Crippen LogP contribution in [-0.4, -0.2) is 80.0 Å². The predicted octanol–water partition coefficient (Wildman–Crippen LogP) is 7.00. The van der Waals surface area contributed by atoms with Crippen LogP contribution >= 0.6 is 7.44 Å². The van der Waals surface area contributed by atoms with Crippen molar-refractivity contribution in [3.05, 3.63) is 12.7 Å². The predicted molar refractivity (Wildman–Crippen MR) is 191 cm³/mol. The molecule has 2 aliphatic carbocycles. The van der Waals surface area contributed by atoms with Gasteiger partial charge in [-0.25, -0.2) is 42.7 Å².